The molecule has 0 unspecified atom stereocenters. The van der Waals surface area contributed by atoms with Gasteiger partial charge in [0.2, 0.25) is 0 Å². The fourth-order valence-electron chi connectivity index (χ4n) is 1.79. The van der Waals surface area contributed by atoms with Crippen molar-refractivity contribution >= 4 is 46.6 Å². The minimum Gasteiger partial charge on any atom is -0.495 e. The molecule has 0 spiro atoms. The molecule has 2 aromatic rings. The Hall–Kier alpha value is -1.75. The first kappa shape index (κ1) is 17.6. The fourth-order valence-corrected chi connectivity index (χ4v) is 2.43. The van der Waals surface area contributed by atoms with Crippen LogP contribution in [0.3, 0.4) is 0 Å². The van der Waals surface area contributed by atoms with Gasteiger partial charge in [-0.25, -0.2) is 4.79 Å². The lowest BCUT2D eigenvalue weighted by Crippen LogP contribution is -2.14. The lowest BCUT2D eigenvalue weighted by Gasteiger charge is -2.08. The number of Topliss-reactive ketones (excluding diaryl/α,β-unsaturated/α-hetero) is 1. The largest absolute Gasteiger partial charge is 0.495 e. The molecule has 120 valence electrons. The third-order valence-corrected chi connectivity index (χ3v) is 4.09. The van der Waals surface area contributed by atoms with Crippen molar-refractivity contribution < 1.29 is 19.1 Å². The van der Waals surface area contributed by atoms with Crippen molar-refractivity contribution in [3.8, 4) is 5.75 Å². The topological polar surface area (TPSA) is 52.6 Å². The summed E-state index contributed by atoms with van der Waals surface area (Å²) in [5.74, 6) is -0.683. The Morgan fingerprint density at radius 3 is 2.43 bits per heavy atom. The molecule has 0 bridgehead atoms. The molecule has 0 amide bonds. The van der Waals surface area contributed by atoms with E-state index in [1.807, 2.05) is 0 Å². The third-order valence-electron chi connectivity index (χ3n) is 2.98. The number of hydrogen-bond donors (Lipinski definition) is 0. The van der Waals surface area contributed by atoms with Crippen LogP contribution in [0.1, 0.15) is 20.7 Å². The second-order valence-corrected chi connectivity index (χ2v) is 5.64. The van der Waals surface area contributed by atoms with Gasteiger partial charge in [0, 0.05) is 5.56 Å². The van der Waals surface area contributed by atoms with E-state index in [2.05, 4.69) is 0 Å². The number of rotatable bonds is 5. The molecule has 7 heteroatoms. The summed E-state index contributed by atoms with van der Waals surface area (Å²) in [4.78, 5) is 24.0. The van der Waals surface area contributed by atoms with E-state index in [0.29, 0.717) is 16.3 Å². The zero-order valence-electron chi connectivity index (χ0n) is 11.9. The minimum absolute atomic E-state index is 0.0825. The molecule has 0 aliphatic carbocycles. The summed E-state index contributed by atoms with van der Waals surface area (Å²) in [5, 5.41) is 0.607. The molecule has 0 atom stereocenters. The van der Waals surface area contributed by atoms with Crippen molar-refractivity contribution in [2.45, 2.75) is 0 Å². The van der Waals surface area contributed by atoms with E-state index in [9.17, 15) is 9.59 Å². The van der Waals surface area contributed by atoms with Gasteiger partial charge in [0.15, 0.2) is 12.4 Å². The predicted molar refractivity (Wildman–Crippen MR) is 89.1 cm³/mol. The van der Waals surface area contributed by atoms with Gasteiger partial charge in [0.05, 0.1) is 27.7 Å². The average molecular weight is 374 g/mol. The molecule has 0 radical (unpaired) electrons. The van der Waals surface area contributed by atoms with E-state index in [-0.39, 0.29) is 15.6 Å². The number of ketones is 1. The first-order chi connectivity index (χ1) is 10.9. The van der Waals surface area contributed by atoms with Gasteiger partial charge in [-0.3, -0.25) is 4.79 Å². The predicted octanol–water partition coefficient (Wildman–Crippen LogP) is 4.70. The number of ether oxygens (including phenoxy) is 2. The van der Waals surface area contributed by atoms with Gasteiger partial charge in [-0.15, -0.1) is 0 Å². The molecule has 0 heterocycles. The zero-order valence-corrected chi connectivity index (χ0v) is 14.2. The fraction of sp³-hybridized carbons (Fsp3) is 0.125. The highest BCUT2D eigenvalue weighted by Gasteiger charge is 2.16. The first-order valence-electron chi connectivity index (χ1n) is 6.42. The number of methoxy groups -OCH3 is 1. The Morgan fingerprint density at radius 1 is 1.04 bits per heavy atom. The van der Waals surface area contributed by atoms with Crippen molar-refractivity contribution in [2.75, 3.05) is 13.7 Å². The van der Waals surface area contributed by atoms with Crippen molar-refractivity contribution in [1.82, 2.24) is 0 Å². The van der Waals surface area contributed by atoms with Crippen LogP contribution in [0.15, 0.2) is 36.4 Å². The summed E-state index contributed by atoms with van der Waals surface area (Å²) in [6.45, 7) is -0.440. The maximum Gasteiger partial charge on any atom is 0.340 e. The number of halogens is 3. The van der Waals surface area contributed by atoms with E-state index in [0.717, 1.165) is 0 Å². The monoisotopic (exact) mass is 372 g/mol. The van der Waals surface area contributed by atoms with Crippen LogP contribution in [0.5, 0.6) is 5.75 Å². The number of carbonyl (C=O) groups is 2. The van der Waals surface area contributed by atoms with E-state index in [4.69, 9.17) is 44.3 Å². The van der Waals surface area contributed by atoms with E-state index >= 15 is 0 Å². The molecular formula is C16H11Cl3O4. The molecule has 0 fully saturated rings. The van der Waals surface area contributed by atoms with Crippen LogP contribution < -0.4 is 4.74 Å². The Balaban J connectivity index is 2.05. The smallest absolute Gasteiger partial charge is 0.340 e. The number of benzene rings is 2. The van der Waals surface area contributed by atoms with Crippen molar-refractivity contribution in [2.24, 2.45) is 0 Å². The SMILES string of the molecule is COc1ccc(C(=O)COC(=O)c2cccc(Cl)c2Cl)cc1Cl. The molecule has 0 saturated heterocycles. The summed E-state index contributed by atoms with van der Waals surface area (Å²) >= 11 is 17.7. The quantitative estimate of drug-likeness (QED) is 0.563. The van der Waals surface area contributed by atoms with Crippen LogP contribution in [0.2, 0.25) is 15.1 Å². The molecule has 0 aliphatic heterocycles. The second-order valence-electron chi connectivity index (χ2n) is 4.45. The van der Waals surface area contributed by atoms with E-state index < -0.39 is 18.4 Å². The van der Waals surface area contributed by atoms with Crippen molar-refractivity contribution in [3.05, 3.63) is 62.6 Å². The maximum atomic E-state index is 12.0. The summed E-state index contributed by atoms with van der Waals surface area (Å²) in [6, 6.07) is 9.12. The molecule has 0 aromatic heterocycles. The van der Waals surface area contributed by atoms with Crippen LogP contribution in [0, 0.1) is 0 Å². The minimum atomic E-state index is -0.731. The summed E-state index contributed by atoms with van der Waals surface area (Å²) in [6.07, 6.45) is 0. The lowest BCUT2D eigenvalue weighted by molar-refractivity contribution is 0.0475. The van der Waals surface area contributed by atoms with Gasteiger partial charge in [-0.2, -0.15) is 0 Å². The summed E-state index contributed by atoms with van der Waals surface area (Å²) in [7, 11) is 1.47. The van der Waals surface area contributed by atoms with Gasteiger partial charge < -0.3 is 9.47 Å². The van der Waals surface area contributed by atoms with Crippen molar-refractivity contribution in [3.63, 3.8) is 0 Å². The molecular weight excluding hydrogens is 363 g/mol. The van der Waals surface area contributed by atoms with E-state index in [1.165, 1.54) is 25.3 Å². The number of esters is 1. The van der Waals surface area contributed by atoms with Gasteiger partial charge in [-0.05, 0) is 30.3 Å². The Kier molecular flexibility index (Phi) is 5.88. The molecule has 0 aliphatic rings. The van der Waals surface area contributed by atoms with Gasteiger partial charge in [0.25, 0.3) is 0 Å². The van der Waals surface area contributed by atoms with Crippen molar-refractivity contribution in [1.29, 1.82) is 0 Å². The van der Waals surface area contributed by atoms with Crippen LogP contribution in [-0.4, -0.2) is 25.5 Å². The van der Waals surface area contributed by atoms with Gasteiger partial charge in [-0.1, -0.05) is 40.9 Å². The van der Waals surface area contributed by atoms with Crippen LogP contribution >= 0.6 is 34.8 Å². The third kappa shape index (κ3) is 4.16. The zero-order chi connectivity index (χ0) is 17.0. The second kappa shape index (κ2) is 7.68. The number of hydrogen-bond acceptors (Lipinski definition) is 4. The van der Waals surface area contributed by atoms with Gasteiger partial charge >= 0.3 is 5.97 Å². The Morgan fingerprint density at radius 2 is 1.78 bits per heavy atom. The van der Waals surface area contributed by atoms with Crippen LogP contribution in [0.25, 0.3) is 0 Å². The molecule has 4 nitrogen and oxygen atoms in total. The summed E-state index contributed by atoms with van der Waals surface area (Å²) in [5.41, 5.74) is 0.403. The highest BCUT2D eigenvalue weighted by molar-refractivity contribution is 6.43. The molecule has 2 aromatic carbocycles. The molecule has 0 saturated carbocycles. The molecule has 23 heavy (non-hydrogen) atoms. The Bertz CT molecular complexity index is 759. The summed E-state index contributed by atoms with van der Waals surface area (Å²) < 4.78 is 9.97. The number of carbonyl (C=O) groups excluding carboxylic acids is 2. The highest BCUT2D eigenvalue weighted by Crippen LogP contribution is 2.27. The average Bonchev–Trinajstić information content (AvgIpc) is 2.54. The first-order valence-corrected chi connectivity index (χ1v) is 7.55. The Labute approximate surface area is 147 Å². The highest BCUT2D eigenvalue weighted by atomic mass is 35.5. The maximum absolute atomic E-state index is 12.0. The van der Waals surface area contributed by atoms with Gasteiger partial charge in [0.1, 0.15) is 5.75 Å². The normalized spacial score (nSPS) is 10.3. The molecule has 2 rings (SSSR count). The van der Waals surface area contributed by atoms with Crippen LogP contribution in [0.4, 0.5) is 0 Å². The molecule has 0 N–H and O–H groups in total. The van der Waals surface area contributed by atoms with Crippen LogP contribution in [-0.2, 0) is 4.74 Å². The lowest BCUT2D eigenvalue weighted by atomic mass is 10.1. The standard InChI is InChI=1S/C16H11Cl3O4/c1-22-14-6-5-9(7-12(14)18)13(20)8-23-16(21)10-3-2-4-11(17)15(10)19/h2-7H,8H2,1H3. The van der Waals surface area contributed by atoms with E-state index in [1.54, 1.807) is 18.2 Å².